The Morgan fingerprint density at radius 3 is 3.11 bits per heavy atom. The number of aryl methyl sites for hydroxylation is 1. The van der Waals surface area contributed by atoms with E-state index in [1.54, 1.807) is 0 Å². The third kappa shape index (κ3) is 2.66. The first kappa shape index (κ1) is 12.7. The van der Waals surface area contributed by atoms with Gasteiger partial charge in [-0.1, -0.05) is 19.1 Å². The number of aromatic nitrogens is 1. The molecule has 1 aliphatic rings. The minimum Gasteiger partial charge on any atom is -0.440 e. The Balaban J connectivity index is 1.75. The smallest absolute Gasteiger partial charge is 0.195 e. The van der Waals surface area contributed by atoms with Crippen LogP contribution in [0.4, 0.5) is 0 Å². The van der Waals surface area contributed by atoms with Crippen molar-refractivity contribution in [3.63, 3.8) is 0 Å². The topological polar surface area (TPSA) is 38.1 Å². The Morgan fingerprint density at radius 2 is 2.37 bits per heavy atom. The number of para-hydroxylation sites is 1. The van der Waals surface area contributed by atoms with Crippen LogP contribution in [0.2, 0.25) is 0 Å². The van der Waals surface area contributed by atoms with Gasteiger partial charge in [0.2, 0.25) is 0 Å². The maximum Gasteiger partial charge on any atom is 0.195 e. The minimum atomic E-state index is 0.626. The molecule has 0 radical (unpaired) electrons. The summed E-state index contributed by atoms with van der Waals surface area (Å²) in [6, 6.07) is 6.15. The van der Waals surface area contributed by atoms with E-state index in [9.17, 15) is 0 Å². The van der Waals surface area contributed by atoms with Crippen molar-refractivity contribution in [1.29, 1.82) is 0 Å². The van der Waals surface area contributed by atoms with Crippen LogP contribution in [0.15, 0.2) is 22.6 Å². The molecule has 2 heterocycles. The standard InChI is InChI=1S/C16H22N2O/c1-11-5-3-7-14-16(11)19-15(18-14)9-12(2)13-6-4-8-17-10-13/h3,5,7,12-13,17H,4,6,8-10H2,1-2H3. The zero-order chi connectivity index (χ0) is 13.2. The minimum absolute atomic E-state index is 0.626. The predicted molar refractivity (Wildman–Crippen MR) is 77.2 cm³/mol. The summed E-state index contributed by atoms with van der Waals surface area (Å²) in [5.41, 5.74) is 3.11. The van der Waals surface area contributed by atoms with Crippen molar-refractivity contribution in [1.82, 2.24) is 10.3 Å². The molecule has 1 aliphatic heterocycles. The molecule has 0 saturated carbocycles. The van der Waals surface area contributed by atoms with Crippen LogP contribution in [0, 0.1) is 18.8 Å². The summed E-state index contributed by atoms with van der Waals surface area (Å²) in [5, 5.41) is 3.49. The first-order chi connectivity index (χ1) is 9.24. The van der Waals surface area contributed by atoms with E-state index in [1.807, 2.05) is 12.1 Å². The molecular weight excluding hydrogens is 236 g/mol. The Morgan fingerprint density at radius 1 is 1.47 bits per heavy atom. The summed E-state index contributed by atoms with van der Waals surface area (Å²) in [6.07, 6.45) is 3.57. The van der Waals surface area contributed by atoms with Crippen molar-refractivity contribution in [2.45, 2.75) is 33.1 Å². The van der Waals surface area contributed by atoms with Gasteiger partial charge in [0.05, 0.1) is 0 Å². The predicted octanol–water partition coefficient (Wildman–Crippen LogP) is 3.31. The fraction of sp³-hybridized carbons (Fsp3) is 0.562. The van der Waals surface area contributed by atoms with Gasteiger partial charge in [-0.05, 0) is 56.3 Å². The molecule has 1 aromatic heterocycles. The summed E-state index contributed by atoms with van der Waals surface area (Å²) >= 11 is 0. The lowest BCUT2D eigenvalue weighted by Gasteiger charge is -2.27. The molecule has 0 spiro atoms. The lowest BCUT2D eigenvalue weighted by molar-refractivity contribution is 0.267. The SMILES string of the molecule is Cc1cccc2nc(CC(C)C3CCCNC3)oc12. The second kappa shape index (κ2) is 5.33. The summed E-state index contributed by atoms with van der Waals surface area (Å²) < 4.78 is 5.93. The van der Waals surface area contributed by atoms with Crippen LogP contribution < -0.4 is 5.32 Å². The molecule has 19 heavy (non-hydrogen) atoms. The number of hydrogen-bond acceptors (Lipinski definition) is 3. The average Bonchev–Trinajstić information content (AvgIpc) is 2.84. The van der Waals surface area contributed by atoms with Crippen LogP contribution in [0.25, 0.3) is 11.1 Å². The number of nitrogens with one attached hydrogen (secondary N) is 1. The van der Waals surface area contributed by atoms with E-state index >= 15 is 0 Å². The van der Waals surface area contributed by atoms with E-state index in [0.29, 0.717) is 5.92 Å². The number of hydrogen-bond donors (Lipinski definition) is 1. The number of rotatable bonds is 3. The van der Waals surface area contributed by atoms with E-state index in [4.69, 9.17) is 4.42 Å². The van der Waals surface area contributed by atoms with E-state index in [0.717, 1.165) is 35.9 Å². The summed E-state index contributed by atoms with van der Waals surface area (Å²) in [7, 11) is 0. The third-order valence-corrected chi connectivity index (χ3v) is 4.29. The van der Waals surface area contributed by atoms with Gasteiger partial charge in [0.1, 0.15) is 5.52 Å². The van der Waals surface area contributed by atoms with Gasteiger partial charge in [0.15, 0.2) is 11.5 Å². The zero-order valence-electron chi connectivity index (χ0n) is 11.8. The third-order valence-electron chi connectivity index (χ3n) is 4.29. The van der Waals surface area contributed by atoms with Crippen molar-refractivity contribution in [2.24, 2.45) is 11.8 Å². The Bertz CT molecular complexity index is 555. The molecule has 1 aromatic carbocycles. The van der Waals surface area contributed by atoms with Crippen LogP contribution in [0.5, 0.6) is 0 Å². The summed E-state index contributed by atoms with van der Waals surface area (Å²) in [4.78, 5) is 4.62. The van der Waals surface area contributed by atoms with Crippen molar-refractivity contribution < 1.29 is 4.42 Å². The lowest BCUT2D eigenvalue weighted by Crippen LogP contribution is -2.33. The lowest BCUT2D eigenvalue weighted by atomic mass is 9.85. The van der Waals surface area contributed by atoms with Gasteiger partial charge >= 0.3 is 0 Å². The highest BCUT2D eigenvalue weighted by molar-refractivity contribution is 5.75. The van der Waals surface area contributed by atoms with E-state index < -0.39 is 0 Å². The molecule has 2 unspecified atom stereocenters. The van der Waals surface area contributed by atoms with Crippen LogP contribution in [-0.4, -0.2) is 18.1 Å². The molecular formula is C16H22N2O. The van der Waals surface area contributed by atoms with Crippen molar-refractivity contribution in [3.05, 3.63) is 29.7 Å². The Kier molecular flexibility index (Phi) is 3.56. The first-order valence-electron chi connectivity index (χ1n) is 7.30. The van der Waals surface area contributed by atoms with Gasteiger partial charge in [-0.3, -0.25) is 0 Å². The van der Waals surface area contributed by atoms with Crippen molar-refractivity contribution >= 4 is 11.1 Å². The second-order valence-corrected chi connectivity index (χ2v) is 5.82. The van der Waals surface area contributed by atoms with Crippen LogP contribution in [0.3, 0.4) is 0 Å². The highest BCUT2D eigenvalue weighted by Crippen LogP contribution is 2.25. The van der Waals surface area contributed by atoms with Crippen LogP contribution in [0.1, 0.15) is 31.2 Å². The van der Waals surface area contributed by atoms with Gasteiger partial charge in [-0.25, -0.2) is 4.98 Å². The summed E-state index contributed by atoms with van der Waals surface area (Å²) in [5.74, 6) is 2.27. The first-order valence-corrected chi connectivity index (χ1v) is 7.30. The second-order valence-electron chi connectivity index (χ2n) is 5.82. The highest BCUT2D eigenvalue weighted by atomic mass is 16.3. The number of nitrogens with zero attached hydrogens (tertiary/aromatic N) is 1. The fourth-order valence-corrected chi connectivity index (χ4v) is 3.03. The molecule has 1 N–H and O–H groups in total. The molecule has 102 valence electrons. The largest absolute Gasteiger partial charge is 0.440 e. The van der Waals surface area contributed by atoms with Crippen LogP contribution in [-0.2, 0) is 6.42 Å². The van der Waals surface area contributed by atoms with Crippen molar-refractivity contribution in [2.75, 3.05) is 13.1 Å². The number of benzene rings is 1. The fourth-order valence-electron chi connectivity index (χ4n) is 3.03. The van der Waals surface area contributed by atoms with Crippen LogP contribution >= 0.6 is 0 Å². The number of piperidine rings is 1. The quantitative estimate of drug-likeness (QED) is 0.917. The highest BCUT2D eigenvalue weighted by Gasteiger charge is 2.22. The van der Waals surface area contributed by atoms with E-state index in [-0.39, 0.29) is 0 Å². The van der Waals surface area contributed by atoms with Gasteiger partial charge < -0.3 is 9.73 Å². The normalized spacial score (nSPS) is 21.7. The number of oxazole rings is 1. The molecule has 1 fully saturated rings. The van der Waals surface area contributed by atoms with Gasteiger partial charge in [-0.15, -0.1) is 0 Å². The zero-order valence-corrected chi connectivity index (χ0v) is 11.8. The molecule has 0 bridgehead atoms. The Labute approximate surface area is 114 Å². The maximum absolute atomic E-state index is 5.93. The molecule has 0 amide bonds. The molecule has 0 aliphatic carbocycles. The van der Waals surface area contributed by atoms with Gasteiger partial charge in [0, 0.05) is 6.42 Å². The molecule has 1 saturated heterocycles. The average molecular weight is 258 g/mol. The monoisotopic (exact) mass is 258 g/mol. The van der Waals surface area contributed by atoms with Crippen molar-refractivity contribution in [3.8, 4) is 0 Å². The van der Waals surface area contributed by atoms with Gasteiger partial charge in [0.25, 0.3) is 0 Å². The van der Waals surface area contributed by atoms with E-state index in [2.05, 4.69) is 30.2 Å². The molecule has 3 nitrogen and oxygen atoms in total. The molecule has 3 heteroatoms. The molecule has 3 rings (SSSR count). The molecule has 2 aromatic rings. The maximum atomic E-state index is 5.93. The molecule has 2 atom stereocenters. The summed E-state index contributed by atoms with van der Waals surface area (Å²) in [6.45, 7) is 6.71. The Hall–Kier alpha value is -1.35. The van der Waals surface area contributed by atoms with E-state index in [1.165, 1.54) is 24.9 Å². The number of fused-ring (bicyclic) bond motifs is 1. The van der Waals surface area contributed by atoms with Gasteiger partial charge in [-0.2, -0.15) is 0 Å².